The highest BCUT2D eigenvalue weighted by atomic mass is 16.3. The van der Waals surface area contributed by atoms with Gasteiger partial charge in [0.1, 0.15) is 11.5 Å². The van der Waals surface area contributed by atoms with Crippen molar-refractivity contribution in [3.8, 4) is 11.5 Å². The molecule has 0 radical (unpaired) electrons. The van der Waals surface area contributed by atoms with Gasteiger partial charge in [-0.25, -0.2) is 0 Å². The maximum absolute atomic E-state index is 9.85. The third-order valence-electron chi connectivity index (χ3n) is 3.89. The maximum atomic E-state index is 9.85. The summed E-state index contributed by atoms with van der Waals surface area (Å²) >= 11 is 0. The summed E-state index contributed by atoms with van der Waals surface area (Å²) in [5.41, 5.74) is 1.89. The lowest BCUT2D eigenvalue weighted by atomic mass is 9.97. The van der Waals surface area contributed by atoms with E-state index in [2.05, 4.69) is 36.5 Å². The normalized spacial score (nSPS) is 13.8. The van der Waals surface area contributed by atoms with E-state index in [1.807, 2.05) is 13.0 Å². The van der Waals surface area contributed by atoms with E-state index in [0.717, 1.165) is 13.0 Å². The average Bonchev–Trinajstić information content (AvgIpc) is 2.48. The molecule has 0 aliphatic heterocycles. The third-order valence-corrected chi connectivity index (χ3v) is 3.89. The number of phenols is 2. The highest BCUT2D eigenvalue weighted by molar-refractivity contribution is 5.44. The summed E-state index contributed by atoms with van der Waals surface area (Å²) in [7, 11) is 0. The smallest absolute Gasteiger partial charge is 0.124 e. The zero-order valence-electron chi connectivity index (χ0n) is 12.6. The molecule has 3 N–H and O–H groups in total. The third kappa shape index (κ3) is 3.99. The molecule has 0 heterocycles. The summed E-state index contributed by atoms with van der Waals surface area (Å²) in [6, 6.07) is 15.2. The van der Waals surface area contributed by atoms with Gasteiger partial charge in [-0.1, -0.05) is 43.3 Å². The maximum Gasteiger partial charge on any atom is 0.124 e. The molecule has 0 aliphatic rings. The van der Waals surface area contributed by atoms with Gasteiger partial charge in [0.2, 0.25) is 0 Å². The first-order chi connectivity index (χ1) is 10.1. The zero-order chi connectivity index (χ0) is 15.2. The Morgan fingerprint density at radius 2 is 1.52 bits per heavy atom. The van der Waals surface area contributed by atoms with E-state index in [1.165, 1.54) is 5.56 Å². The zero-order valence-corrected chi connectivity index (χ0v) is 12.6. The first-order valence-electron chi connectivity index (χ1n) is 7.38. The Balaban J connectivity index is 1.89. The van der Waals surface area contributed by atoms with Crippen molar-refractivity contribution in [1.29, 1.82) is 0 Å². The molecule has 112 valence electrons. The number of hydrogen-bond acceptors (Lipinski definition) is 3. The van der Waals surface area contributed by atoms with E-state index in [1.54, 1.807) is 18.2 Å². The summed E-state index contributed by atoms with van der Waals surface area (Å²) in [4.78, 5) is 0. The second-order valence-electron chi connectivity index (χ2n) is 5.49. The van der Waals surface area contributed by atoms with Crippen molar-refractivity contribution in [1.82, 2.24) is 5.32 Å². The number of hydrogen-bond donors (Lipinski definition) is 3. The van der Waals surface area contributed by atoms with Gasteiger partial charge < -0.3 is 15.5 Å². The van der Waals surface area contributed by atoms with Crippen LogP contribution in [0.3, 0.4) is 0 Å². The van der Waals surface area contributed by atoms with Crippen molar-refractivity contribution in [2.24, 2.45) is 0 Å². The van der Waals surface area contributed by atoms with E-state index in [9.17, 15) is 10.2 Å². The summed E-state index contributed by atoms with van der Waals surface area (Å²) in [5, 5.41) is 23.1. The number of benzene rings is 2. The van der Waals surface area contributed by atoms with Crippen LogP contribution in [0.5, 0.6) is 11.5 Å². The van der Waals surface area contributed by atoms with Gasteiger partial charge in [0, 0.05) is 6.04 Å². The summed E-state index contributed by atoms with van der Waals surface area (Å²) in [5.74, 6) is 0.737. The summed E-state index contributed by atoms with van der Waals surface area (Å²) in [6.07, 6.45) is 1.00. The molecule has 0 aliphatic carbocycles. The Labute approximate surface area is 126 Å². The molecule has 3 heteroatoms. The lowest BCUT2D eigenvalue weighted by Gasteiger charge is -2.18. The minimum absolute atomic E-state index is 0.0887. The topological polar surface area (TPSA) is 52.5 Å². The van der Waals surface area contributed by atoms with Crippen molar-refractivity contribution in [2.75, 3.05) is 6.54 Å². The fraction of sp³-hybridized carbons (Fsp3) is 0.333. The molecule has 0 saturated heterocycles. The van der Waals surface area contributed by atoms with Crippen LogP contribution in [0.25, 0.3) is 0 Å². The van der Waals surface area contributed by atoms with Crippen LogP contribution in [0.4, 0.5) is 0 Å². The molecule has 2 rings (SSSR count). The average molecular weight is 285 g/mol. The number of phenolic OH excluding ortho intramolecular Hbond substituents is 2. The molecule has 0 amide bonds. The molecule has 0 bridgehead atoms. The van der Waals surface area contributed by atoms with Crippen LogP contribution in [-0.2, 0) is 0 Å². The lowest BCUT2D eigenvalue weighted by molar-refractivity contribution is 0.416. The van der Waals surface area contributed by atoms with Gasteiger partial charge in [0.05, 0.1) is 5.56 Å². The first kappa shape index (κ1) is 15.4. The summed E-state index contributed by atoms with van der Waals surface area (Å²) in [6.45, 7) is 4.98. The van der Waals surface area contributed by atoms with Crippen LogP contribution >= 0.6 is 0 Å². The molecule has 21 heavy (non-hydrogen) atoms. The fourth-order valence-corrected chi connectivity index (χ4v) is 2.55. The van der Waals surface area contributed by atoms with Crippen LogP contribution in [0.15, 0.2) is 48.5 Å². The van der Waals surface area contributed by atoms with Crippen molar-refractivity contribution >= 4 is 0 Å². The molecule has 2 aromatic carbocycles. The minimum Gasteiger partial charge on any atom is -0.507 e. The van der Waals surface area contributed by atoms with E-state index in [4.69, 9.17) is 0 Å². The van der Waals surface area contributed by atoms with Gasteiger partial charge in [-0.15, -0.1) is 0 Å². The second-order valence-corrected chi connectivity index (χ2v) is 5.49. The van der Waals surface area contributed by atoms with Crippen LogP contribution in [0.2, 0.25) is 0 Å². The molecule has 2 aromatic rings. The number of aromatic hydroxyl groups is 2. The SMILES string of the molecule is CC(CCNC(C)c1c(O)cccc1O)c1ccccc1. The van der Waals surface area contributed by atoms with Gasteiger partial charge in [0.25, 0.3) is 0 Å². The van der Waals surface area contributed by atoms with E-state index in [0.29, 0.717) is 11.5 Å². The van der Waals surface area contributed by atoms with Crippen molar-refractivity contribution in [2.45, 2.75) is 32.2 Å². The Kier molecular flexibility index (Phi) is 5.23. The van der Waals surface area contributed by atoms with E-state index < -0.39 is 0 Å². The summed E-state index contributed by atoms with van der Waals surface area (Å²) < 4.78 is 0. The molecule has 0 spiro atoms. The number of nitrogens with one attached hydrogen (secondary N) is 1. The Hall–Kier alpha value is -2.00. The minimum atomic E-state index is -0.0887. The van der Waals surface area contributed by atoms with Crippen LogP contribution < -0.4 is 5.32 Å². The molecule has 2 atom stereocenters. The van der Waals surface area contributed by atoms with Crippen molar-refractivity contribution in [3.63, 3.8) is 0 Å². The molecular formula is C18H23NO2. The first-order valence-corrected chi connectivity index (χ1v) is 7.38. The van der Waals surface area contributed by atoms with E-state index >= 15 is 0 Å². The predicted octanol–water partition coefficient (Wildman–Crippen LogP) is 3.94. The van der Waals surface area contributed by atoms with Gasteiger partial charge in [-0.05, 0) is 43.5 Å². The molecular weight excluding hydrogens is 262 g/mol. The monoisotopic (exact) mass is 285 g/mol. The Morgan fingerprint density at radius 1 is 0.905 bits per heavy atom. The standard InChI is InChI=1S/C18H23NO2/c1-13(15-7-4-3-5-8-15)11-12-19-14(2)18-16(20)9-6-10-17(18)21/h3-10,13-14,19-21H,11-12H2,1-2H3. The van der Waals surface area contributed by atoms with Crippen molar-refractivity contribution < 1.29 is 10.2 Å². The highest BCUT2D eigenvalue weighted by Gasteiger charge is 2.14. The largest absolute Gasteiger partial charge is 0.507 e. The Morgan fingerprint density at radius 3 is 2.14 bits per heavy atom. The van der Waals surface area contributed by atoms with Crippen LogP contribution in [-0.4, -0.2) is 16.8 Å². The van der Waals surface area contributed by atoms with Gasteiger partial charge >= 0.3 is 0 Å². The molecule has 2 unspecified atom stereocenters. The quantitative estimate of drug-likeness (QED) is 0.753. The molecule has 0 saturated carbocycles. The Bertz CT molecular complexity index is 548. The highest BCUT2D eigenvalue weighted by Crippen LogP contribution is 2.32. The fourth-order valence-electron chi connectivity index (χ4n) is 2.55. The van der Waals surface area contributed by atoms with Crippen LogP contribution in [0.1, 0.15) is 43.4 Å². The van der Waals surface area contributed by atoms with E-state index in [-0.39, 0.29) is 17.5 Å². The lowest BCUT2D eigenvalue weighted by Crippen LogP contribution is -2.21. The molecule has 0 aromatic heterocycles. The molecule has 3 nitrogen and oxygen atoms in total. The van der Waals surface area contributed by atoms with Crippen molar-refractivity contribution in [3.05, 3.63) is 59.7 Å². The second kappa shape index (κ2) is 7.14. The van der Waals surface area contributed by atoms with Crippen LogP contribution in [0, 0.1) is 0 Å². The van der Waals surface area contributed by atoms with Gasteiger partial charge in [-0.2, -0.15) is 0 Å². The molecule has 0 fully saturated rings. The van der Waals surface area contributed by atoms with Gasteiger partial charge in [-0.3, -0.25) is 0 Å². The van der Waals surface area contributed by atoms with Gasteiger partial charge in [0.15, 0.2) is 0 Å². The predicted molar refractivity (Wildman–Crippen MR) is 85.7 cm³/mol. The number of rotatable bonds is 6.